The highest BCUT2D eigenvalue weighted by molar-refractivity contribution is 9.11. The fraction of sp³-hybridized carbons (Fsp3) is 0.455. The molecule has 5 heteroatoms. The minimum Gasteiger partial charge on any atom is -0.396 e. The Hall–Kier alpha value is 0.420. The van der Waals surface area contributed by atoms with Gasteiger partial charge in [-0.15, -0.1) is 0 Å². The predicted molar refractivity (Wildman–Crippen MR) is 78.9 cm³/mol. The van der Waals surface area contributed by atoms with Crippen molar-refractivity contribution in [3.63, 3.8) is 0 Å². The average Bonchev–Trinajstić information content (AvgIpc) is 2.16. The van der Waals surface area contributed by atoms with Gasteiger partial charge < -0.3 is 10.4 Å². The Kier molecular flexibility index (Phi) is 5.29. The third-order valence-electron chi connectivity index (χ3n) is 2.18. The zero-order valence-corrected chi connectivity index (χ0v) is 13.9. The summed E-state index contributed by atoms with van der Waals surface area (Å²) in [7, 11) is 0. The predicted octanol–water partition coefficient (Wildman–Crippen LogP) is 4.40. The summed E-state index contributed by atoms with van der Waals surface area (Å²) in [5.74, 6) is 0. The van der Waals surface area contributed by atoms with E-state index in [1.165, 1.54) is 0 Å². The van der Waals surface area contributed by atoms with Crippen molar-refractivity contribution in [1.29, 1.82) is 0 Å². The fourth-order valence-electron chi connectivity index (χ4n) is 1.09. The van der Waals surface area contributed by atoms with E-state index in [4.69, 9.17) is 0 Å². The first-order valence-corrected chi connectivity index (χ1v) is 7.23. The van der Waals surface area contributed by atoms with Crippen LogP contribution in [-0.2, 0) is 0 Å². The van der Waals surface area contributed by atoms with Crippen LogP contribution < -0.4 is 5.32 Å². The molecular formula is C11H14Br3NO. The number of benzene rings is 1. The molecule has 2 N–H and O–H groups in total. The van der Waals surface area contributed by atoms with Crippen molar-refractivity contribution in [2.45, 2.75) is 13.8 Å². The van der Waals surface area contributed by atoms with Crippen LogP contribution in [0.1, 0.15) is 13.8 Å². The van der Waals surface area contributed by atoms with Crippen molar-refractivity contribution < 1.29 is 5.11 Å². The Bertz CT molecular complexity index is 356. The smallest absolute Gasteiger partial charge is 0.0630 e. The first-order chi connectivity index (χ1) is 7.35. The number of anilines is 1. The van der Waals surface area contributed by atoms with E-state index in [0.717, 1.165) is 19.1 Å². The van der Waals surface area contributed by atoms with E-state index in [9.17, 15) is 5.11 Å². The zero-order chi connectivity index (χ0) is 12.3. The van der Waals surface area contributed by atoms with E-state index in [1.54, 1.807) is 0 Å². The second kappa shape index (κ2) is 5.85. The van der Waals surface area contributed by atoms with E-state index in [0.29, 0.717) is 6.54 Å². The first-order valence-electron chi connectivity index (χ1n) is 4.85. The second-order valence-corrected chi connectivity index (χ2v) is 7.04. The van der Waals surface area contributed by atoms with Crippen molar-refractivity contribution in [3.8, 4) is 0 Å². The van der Waals surface area contributed by atoms with Gasteiger partial charge in [0, 0.05) is 32.0 Å². The van der Waals surface area contributed by atoms with E-state index in [2.05, 4.69) is 53.1 Å². The van der Waals surface area contributed by atoms with E-state index >= 15 is 0 Å². The van der Waals surface area contributed by atoms with E-state index in [-0.39, 0.29) is 12.0 Å². The Labute approximate surface area is 121 Å². The molecule has 0 spiro atoms. The minimum atomic E-state index is -0.133. The van der Waals surface area contributed by atoms with Gasteiger partial charge in [0.05, 0.1) is 5.69 Å². The highest BCUT2D eigenvalue weighted by Crippen LogP contribution is 2.34. The largest absolute Gasteiger partial charge is 0.396 e. The Balaban J connectivity index is 2.82. The van der Waals surface area contributed by atoms with Crippen LogP contribution in [0.5, 0.6) is 0 Å². The van der Waals surface area contributed by atoms with Gasteiger partial charge in [0.15, 0.2) is 0 Å². The van der Waals surface area contributed by atoms with Crippen LogP contribution in [0.3, 0.4) is 0 Å². The number of halogens is 3. The molecule has 0 bridgehead atoms. The molecule has 0 aliphatic heterocycles. The molecule has 0 aliphatic rings. The van der Waals surface area contributed by atoms with Gasteiger partial charge in [-0.25, -0.2) is 0 Å². The molecule has 0 saturated carbocycles. The molecule has 0 saturated heterocycles. The van der Waals surface area contributed by atoms with Crippen LogP contribution in [-0.4, -0.2) is 18.3 Å². The lowest BCUT2D eigenvalue weighted by Crippen LogP contribution is -2.27. The van der Waals surface area contributed by atoms with Crippen LogP contribution in [0.2, 0.25) is 0 Å². The zero-order valence-electron chi connectivity index (χ0n) is 9.15. The Morgan fingerprint density at radius 1 is 1.19 bits per heavy atom. The second-order valence-electron chi connectivity index (χ2n) is 4.42. The lowest BCUT2D eigenvalue weighted by molar-refractivity contribution is 0.171. The molecular weight excluding hydrogens is 402 g/mol. The van der Waals surface area contributed by atoms with Gasteiger partial charge >= 0.3 is 0 Å². The van der Waals surface area contributed by atoms with E-state index < -0.39 is 0 Å². The monoisotopic (exact) mass is 413 g/mol. The molecule has 0 heterocycles. The van der Waals surface area contributed by atoms with Crippen LogP contribution in [0, 0.1) is 5.41 Å². The third-order valence-corrected chi connectivity index (χ3v) is 3.89. The lowest BCUT2D eigenvalue weighted by Gasteiger charge is -2.23. The number of hydrogen-bond acceptors (Lipinski definition) is 2. The number of nitrogens with one attached hydrogen (secondary N) is 1. The van der Waals surface area contributed by atoms with Gasteiger partial charge in [-0.2, -0.15) is 0 Å². The molecule has 0 aromatic heterocycles. The van der Waals surface area contributed by atoms with Gasteiger partial charge in [0.25, 0.3) is 0 Å². The van der Waals surface area contributed by atoms with Crippen molar-refractivity contribution in [3.05, 3.63) is 25.6 Å². The summed E-state index contributed by atoms with van der Waals surface area (Å²) in [6.07, 6.45) is 0. The van der Waals surface area contributed by atoms with Gasteiger partial charge in [0.2, 0.25) is 0 Å². The number of hydrogen-bond donors (Lipinski definition) is 2. The molecule has 2 nitrogen and oxygen atoms in total. The Morgan fingerprint density at radius 3 is 2.12 bits per heavy atom. The first kappa shape index (κ1) is 14.5. The molecule has 0 fully saturated rings. The van der Waals surface area contributed by atoms with Crippen molar-refractivity contribution in [1.82, 2.24) is 0 Å². The SMILES string of the molecule is CC(C)(CO)CNc1c(Br)cc(Br)cc1Br. The van der Waals surface area contributed by atoms with Crippen molar-refractivity contribution in [2.24, 2.45) is 5.41 Å². The normalized spacial score (nSPS) is 11.6. The van der Waals surface area contributed by atoms with Crippen LogP contribution in [0.15, 0.2) is 25.6 Å². The molecule has 16 heavy (non-hydrogen) atoms. The molecule has 1 aromatic rings. The number of aliphatic hydroxyl groups is 1. The topological polar surface area (TPSA) is 32.3 Å². The standard InChI is InChI=1S/C11H14Br3NO/c1-11(2,6-16)5-15-10-8(13)3-7(12)4-9(10)14/h3-4,15-16H,5-6H2,1-2H3. The summed E-state index contributed by atoms with van der Waals surface area (Å²) < 4.78 is 2.99. The molecule has 1 rings (SSSR count). The summed E-state index contributed by atoms with van der Waals surface area (Å²) in [5.41, 5.74) is 0.871. The molecule has 0 unspecified atom stereocenters. The van der Waals surface area contributed by atoms with Gasteiger partial charge in [0.1, 0.15) is 0 Å². The number of aliphatic hydroxyl groups excluding tert-OH is 1. The molecule has 0 atom stereocenters. The van der Waals surface area contributed by atoms with Gasteiger partial charge in [-0.1, -0.05) is 29.8 Å². The molecule has 90 valence electrons. The summed E-state index contributed by atoms with van der Waals surface area (Å²) >= 11 is 10.4. The lowest BCUT2D eigenvalue weighted by atomic mass is 9.95. The third kappa shape index (κ3) is 4.02. The molecule has 1 aromatic carbocycles. The number of rotatable bonds is 4. The summed E-state index contributed by atoms with van der Waals surface area (Å²) in [5, 5.41) is 12.5. The minimum absolute atomic E-state index is 0.133. The van der Waals surface area contributed by atoms with Crippen molar-refractivity contribution >= 4 is 53.5 Å². The molecule has 0 amide bonds. The summed E-state index contributed by atoms with van der Waals surface area (Å²) in [4.78, 5) is 0. The highest BCUT2D eigenvalue weighted by Gasteiger charge is 2.17. The highest BCUT2D eigenvalue weighted by atomic mass is 79.9. The quantitative estimate of drug-likeness (QED) is 0.763. The van der Waals surface area contributed by atoms with Crippen LogP contribution >= 0.6 is 47.8 Å². The maximum absolute atomic E-state index is 9.18. The van der Waals surface area contributed by atoms with Gasteiger partial charge in [-0.05, 0) is 44.0 Å². The average molecular weight is 416 g/mol. The van der Waals surface area contributed by atoms with Crippen LogP contribution in [0.4, 0.5) is 5.69 Å². The van der Waals surface area contributed by atoms with Crippen molar-refractivity contribution in [2.75, 3.05) is 18.5 Å². The van der Waals surface area contributed by atoms with E-state index in [1.807, 2.05) is 26.0 Å². The van der Waals surface area contributed by atoms with Gasteiger partial charge in [-0.3, -0.25) is 0 Å². The molecule has 0 aliphatic carbocycles. The van der Waals surface area contributed by atoms with Crippen LogP contribution in [0.25, 0.3) is 0 Å². The summed E-state index contributed by atoms with van der Waals surface area (Å²) in [6, 6.07) is 3.97. The Morgan fingerprint density at radius 2 is 1.69 bits per heavy atom. The summed E-state index contributed by atoms with van der Waals surface area (Å²) in [6.45, 7) is 4.90. The molecule has 0 radical (unpaired) electrons. The maximum Gasteiger partial charge on any atom is 0.0630 e. The maximum atomic E-state index is 9.18. The fourth-order valence-corrected chi connectivity index (χ4v) is 3.63.